The molecule has 0 spiro atoms. The molecule has 0 aromatic rings. The predicted molar refractivity (Wildman–Crippen MR) is 59.4 cm³/mol. The van der Waals surface area contributed by atoms with Crippen LogP contribution in [0.3, 0.4) is 0 Å². The van der Waals surface area contributed by atoms with Crippen LogP contribution in [0.4, 0.5) is 0 Å². The topological polar surface area (TPSA) is 3.24 Å². The Morgan fingerprint density at radius 2 is 1.85 bits per heavy atom. The summed E-state index contributed by atoms with van der Waals surface area (Å²) in [5.41, 5.74) is 0. The monoisotopic (exact) mass is 203 g/mol. The summed E-state index contributed by atoms with van der Waals surface area (Å²) in [4.78, 5) is 2.43. The average molecular weight is 204 g/mol. The summed E-state index contributed by atoms with van der Waals surface area (Å²) in [6.07, 6.45) is 6.98. The van der Waals surface area contributed by atoms with Crippen LogP contribution in [0.25, 0.3) is 0 Å². The van der Waals surface area contributed by atoms with Crippen LogP contribution in [-0.2, 0) is 0 Å². The minimum Gasteiger partial charge on any atom is -0.302 e. The highest BCUT2D eigenvalue weighted by Crippen LogP contribution is 2.28. The van der Waals surface area contributed by atoms with E-state index in [1.807, 2.05) is 0 Å². The maximum Gasteiger partial charge on any atom is 0.0351 e. The van der Waals surface area contributed by atoms with Gasteiger partial charge in [0.2, 0.25) is 0 Å². The summed E-state index contributed by atoms with van der Waals surface area (Å²) in [5, 5.41) is 0. The van der Waals surface area contributed by atoms with Gasteiger partial charge in [-0.25, -0.2) is 0 Å². The Labute approximate surface area is 87.4 Å². The maximum absolute atomic E-state index is 5.73. The highest BCUT2D eigenvalue weighted by Gasteiger charge is 2.22. The molecule has 0 heterocycles. The molecule has 1 nitrogen and oxygen atoms in total. The SMILES string of the molecule is CCC1CCC(N(C)CCCl)CC1. The quantitative estimate of drug-likeness (QED) is 0.635. The van der Waals surface area contributed by atoms with Gasteiger partial charge in [-0.15, -0.1) is 11.6 Å². The summed E-state index contributed by atoms with van der Waals surface area (Å²) in [6, 6.07) is 0.807. The van der Waals surface area contributed by atoms with Gasteiger partial charge in [0.15, 0.2) is 0 Å². The van der Waals surface area contributed by atoms with Gasteiger partial charge in [0.25, 0.3) is 0 Å². The molecule has 0 bridgehead atoms. The summed E-state index contributed by atoms with van der Waals surface area (Å²) < 4.78 is 0. The lowest BCUT2D eigenvalue weighted by molar-refractivity contribution is 0.171. The van der Waals surface area contributed by atoms with E-state index in [4.69, 9.17) is 11.6 Å². The lowest BCUT2D eigenvalue weighted by atomic mass is 9.84. The van der Waals surface area contributed by atoms with Crippen molar-refractivity contribution in [3.63, 3.8) is 0 Å². The van der Waals surface area contributed by atoms with E-state index in [0.29, 0.717) is 0 Å². The number of nitrogens with zero attached hydrogens (tertiary/aromatic N) is 1. The molecule has 2 heteroatoms. The Hall–Kier alpha value is 0.250. The smallest absolute Gasteiger partial charge is 0.0351 e. The third-order valence-corrected chi connectivity index (χ3v) is 3.62. The molecule has 1 aliphatic rings. The minimum absolute atomic E-state index is 0.768. The first-order chi connectivity index (χ1) is 6.27. The maximum atomic E-state index is 5.73. The van der Waals surface area contributed by atoms with E-state index in [1.54, 1.807) is 0 Å². The third kappa shape index (κ3) is 3.47. The van der Waals surface area contributed by atoms with Crippen molar-refractivity contribution in [2.24, 2.45) is 5.92 Å². The molecule has 1 fully saturated rings. The number of halogens is 1. The Morgan fingerprint density at radius 3 is 2.31 bits per heavy atom. The molecule has 1 rings (SSSR count). The second kappa shape index (κ2) is 5.87. The first kappa shape index (κ1) is 11.3. The molecule has 13 heavy (non-hydrogen) atoms. The van der Waals surface area contributed by atoms with Crippen LogP contribution in [-0.4, -0.2) is 30.4 Å². The van der Waals surface area contributed by atoms with E-state index in [-0.39, 0.29) is 0 Å². The van der Waals surface area contributed by atoms with E-state index >= 15 is 0 Å². The van der Waals surface area contributed by atoms with Crippen LogP contribution in [0, 0.1) is 5.92 Å². The van der Waals surface area contributed by atoms with Crippen molar-refractivity contribution < 1.29 is 0 Å². The fourth-order valence-electron chi connectivity index (χ4n) is 2.31. The first-order valence-electron chi connectivity index (χ1n) is 5.54. The normalized spacial score (nSPS) is 29.5. The zero-order valence-electron chi connectivity index (χ0n) is 8.93. The highest BCUT2D eigenvalue weighted by atomic mass is 35.5. The molecule has 0 aromatic carbocycles. The van der Waals surface area contributed by atoms with Gasteiger partial charge in [0.05, 0.1) is 0 Å². The molecule has 0 saturated heterocycles. The second-order valence-electron chi connectivity index (χ2n) is 4.25. The zero-order chi connectivity index (χ0) is 9.68. The number of hydrogen-bond acceptors (Lipinski definition) is 1. The minimum atomic E-state index is 0.768. The second-order valence-corrected chi connectivity index (χ2v) is 4.63. The summed E-state index contributed by atoms with van der Waals surface area (Å²) in [6.45, 7) is 3.36. The first-order valence-corrected chi connectivity index (χ1v) is 6.07. The van der Waals surface area contributed by atoms with Crippen molar-refractivity contribution in [1.29, 1.82) is 0 Å². The van der Waals surface area contributed by atoms with Gasteiger partial charge >= 0.3 is 0 Å². The van der Waals surface area contributed by atoms with Gasteiger partial charge in [0.1, 0.15) is 0 Å². The van der Waals surface area contributed by atoms with Crippen LogP contribution in [0.2, 0.25) is 0 Å². The van der Waals surface area contributed by atoms with E-state index in [2.05, 4.69) is 18.9 Å². The van der Waals surface area contributed by atoms with Gasteiger partial charge in [-0.05, 0) is 38.6 Å². The Balaban J connectivity index is 2.23. The van der Waals surface area contributed by atoms with E-state index in [0.717, 1.165) is 24.4 Å². The summed E-state index contributed by atoms with van der Waals surface area (Å²) in [7, 11) is 2.21. The van der Waals surface area contributed by atoms with Crippen LogP contribution >= 0.6 is 11.6 Å². The van der Waals surface area contributed by atoms with Crippen LogP contribution in [0.1, 0.15) is 39.0 Å². The van der Waals surface area contributed by atoms with Crippen molar-refractivity contribution in [3.05, 3.63) is 0 Å². The lowest BCUT2D eigenvalue weighted by Crippen LogP contribution is -2.36. The Bertz CT molecular complexity index is 130. The predicted octanol–water partition coefficient (Wildman–Crippen LogP) is 3.13. The third-order valence-electron chi connectivity index (χ3n) is 3.45. The van der Waals surface area contributed by atoms with Crippen molar-refractivity contribution in [2.75, 3.05) is 19.5 Å². The Kier molecular flexibility index (Phi) is 5.12. The van der Waals surface area contributed by atoms with Crippen molar-refractivity contribution in [3.8, 4) is 0 Å². The molecule has 1 aliphatic carbocycles. The van der Waals surface area contributed by atoms with Gasteiger partial charge < -0.3 is 4.90 Å². The molecule has 0 atom stereocenters. The van der Waals surface area contributed by atoms with E-state index in [1.165, 1.54) is 32.1 Å². The van der Waals surface area contributed by atoms with Crippen molar-refractivity contribution >= 4 is 11.6 Å². The largest absolute Gasteiger partial charge is 0.302 e. The molecule has 0 radical (unpaired) electrons. The molecule has 0 aliphatic heterocycles. The molecule has 0 unspecified atom stereocenters. The number of hydrogen-bond donors (Lipinski definition) is 0. The summed E-state index contributed by atoms with van der Waals surface area (Å²) in [5.74, 6) is 1.77. The standard InChI is InChI=1S/C11H22ClN/c1-3-10-4-6-11(7-5-10)13(2)9-8-12/h10-11H,3-9H2,1-2H3. The fourth-order valence-corrected chi connectivity index (χ4v) is 2.58. The average Bonchev–Trinajstić information content (AvgIpc) is 2.18. The van der Waals surface area contributed by atoms with Gasteiger partial charge in [-0.1, -0.05) is 13.3 Å². The van der Waals surface area contributed by atoms with Crippen LogP contribution < -0.4 is 0 Å². The molecular formula is C11H22ClN. The fraction of sp³-hybridized carbons (Fsp3) is 1.00. The number of rotatable bonds is 4. The molecular weight excluding hydrogens is 182 g/mol. The zero-order valence-corrected chi connectivity index (χ0v) is 9.69. The van der Waals surface area contributed by atoms with Gasteiger partial charge in [-0.3, -0.25) is 0 Å². The van der Waals surface area contributed by atoms with Crippen LogP contribution in [0.5, 0.6) is 0 Å². The summed E-state index contributed by atoms with van der Waals surface area (Å²) >= 11 is 5.73. The van der Waals surface area contributed by atoms with Crippen molar-refractivity contribution in [2.45, 2.75) is 45.1 Å². The Morgan fingerprint density at radius 1 is 1.23 bits per heavy atom. The number of alkyl halides is 1. The van der Waals surface area contributed by atoms with E-state index < -0.39 is 0 Å². The van der Waals surface area contributed by atoms with Gasteiger partial charge in [-0.2, -0.15) is 0 Å². The molecule has 0 amide bonds. The molecule has 1 saturated carbocycles. The molecule has 78 valence electrons. The lowest BCUT2D eigenvalue weighted by Gasteiger charge is -2.34. The molecule has 0 N–H and O–H groups in total. The highest BCUT2D eigenvalue weighted by molar-refractivity contribution is 6.18. The van der Waals surface area contributed by atoms with E-state index in [9.17, 15) is 0 Å². The van der Waals surface area contributed by atoms with Gasteiger partial charge in [0, 0.05) is 18.5 Å². The van der Waals surface area contributed by atoms with Crippen LogP contribution in [0.15, 0.2) is 0 Å². The van der Waals surface area contributed by atoms with Crippen molar-refractivity contribution in [1.82, 2.24) is 4.90 Å². The molecule has 0 aromatic heterocycles.